The zero-order valence-corrected chi connectivity index (χ0v) is 11.3. The molecule has 0 aliphatic rings. The molecule has 1 aromatic carbocycles. The average Bonchev–Trinajstić information content (AvgIpc) is 2.53. The quantitative estimate of drug-likeness (QED) is 0.718. The van der Waals surface area contributed by atoms with E-state index in [1.165, 1.54) is 0 Å². The molecule has 1 aromatic heterocycles. The smallest absolute Gasteiger partial charge is 0.356 e. The molecule has 0 spiro atoms. The van der Waals surface area contributed by atoms with Gasteiger partial charge in [0.15, 0.2) is 5.69 Å². The van der Waals surface area contributed by atoms with Gasteiger partial charge in [-0.3, -0.25) is 9.59 Å². The summed E-state index contributed by atoms with van der Waals surface area (Å²) in [5, 5.41) is 11.2. The lowest BCUT2D eigenvalue weighted by Gasteiger charge is -2.15. The lowest BCUT2D eigenvalue weighted by molar-refractivity contribution is -0.120. The molecular weight excluding hydrogens is 288 g/mol. The lowest BCUT2D eigenvalue weighted by atomic mass is 10.1. The van der Waals surface area contributed by atoms with Gasteiger partial charge in [0, 0.05) is 0 Å². The van der Waals surface area contributed by atoms with E-state index in [2.05, 4.69) is 15.3 Å². The predicted octanol–water partition coefficient (Wildman–Crippen LogP) is 0.131. The van der Waals surface area contributed by atoms with Crippen molar-refractivity contribution < 1.29 is 19.5 Å². The van der Waals surface area contributed by atoms with Gasteiger partial charge in [-0.15, -0.1) is 0 Å². The zero-order chi connectivity index (χ0) is 16.1. The summed E-state index contributed by atoms with van der Waals surface area (Å²) in [6, 6.07) is 7.45. The van der Waals surface area contributed by atoms with E-state index in [0.717, 1.165) is 12.4 Å². The summed E-state index contributed by atoms with van der Waals surface area (Å²) in [4.78, 5) is 41.5. The fraction of sp³-hybridized carbons (Fsp3) is 0.0714. The van der Waals surface area contributed by atoms with E-state index in [1.807, 2.05) is 0 Å². The largest absolute Gasteiger partial charge is 0.476 e. The van der Waals surface area contributed by atoms with Crippen LogP contribution in [-0.2, 0) is 4.79 Å². The Labute approximate surface area is 125 Å². The van der Waals surface area contributed by atoms with Crippen LogP contribution in [0.15, 0.2) is 42.7 Å². The van der Waals surface area contributed by atoms with Crippen LogP contribution in [0.5, 0.6) is 0 Å². The van der Waals surface area contributed by atoms with Crippen LogP contribution in [0.2, 0.25) is 0 Å². The van der Waals surface area contributed by atoms with Crippen LogP contribution in [0.3, 0.4) is 0 Å². The number of carboxylic acid groups (broad SMARTS) is 1. The first-order valence-electron chi connectivity index (χ1n) is 6.19. The molecule has 1 unspecified atom stereocenters. The van der Waals surface area contributed by atoms with E-state index in [4.69, 9.17) is 10.8 Å². The number of aromatic nitrogens is 2. The molecule has 0 saturated carbocycles. The number of nitrogens with two attached hydrogens (primary N) is 1. The number of aromatic carboxylic acids is 1. The van der Waals surface area contributed by atoms with E-state index >= 15 is 0 Å². The molecule has 1 heterocycles. The van der Waals surface area contributed by atoms with Gasteiger partial charge in [0.25, 0.3) is 5.91 Å². The molecule has 0 aliphatic heterocycles. The van der Waals surface area contributed by atoms with Crippen LogP contribution in [-0.4, -0.2) is 32.9 Å². The van der Waals surface area contributed by atoms with Crippen LogP contribution >= 0.6 is 0 Å². The highest BCUT2D eigenvalue weighted by atomic mass is 16.4. The standard InChI is InChI=1S/C14H12N4O4/c15-12(19)11(8-4-2-1-3-5-8)18-13(20)9-6-17-10(7-16-9)14(21)22/h1-7,11H,(H2,15,19)(H,18,20)(H,21,22). The third kappa shape index (κ3) is 3.42. The van der Waals surface area contributed by atoms with Crippen molar-refractivity contribution in [1.29, 1.82) is 0 Å². The van der Waals surface area contributed by atoms with Crippen molar-refractivity contribution in [3.63, 3.8) is 0 Å². The normalized spacial score (nSPS) is 11.5. The van der Waals surface area contributed by atoms with E-state index in [0.29, 0.717) is 5.56 Å². The van der Waals surface area contributed by atoms with Crippen molar-refractivity contribution >= 4 is 17.8 Å². The molecule has 0 radical (unpaired) electrons. The van der Waals surface area contributed by atoms with Crippen molar-refractivity contribution in [3.8, 4) is 0 Å². The number of amides is 2. The molecule has 2 rings (SSSR count). The first-order valence-corrected chi connectivity index (χ1v) is 6.19. The summed E-state index contributed by atoms with van der Waals surface area (Å²) in [5.74, 6) is -2.66. The monoisotopic (exact) mass is 300 g/mol. The molecular formula is C14H12N4O4. The fourth-order valence-electron chi connectivity index (χ4n) is 1.72. The number of hydrogen-bond donors (Lipinski definition) is 3. The average molecular weight is 300 g/mol. The maximum Gasteiger partial charge on any atom is 0.356 e. The summed E-state index contributed by atoms with van der Waals surface area (Å²) >= 11 is 0. The maximum absolute atomic E-state index is 12.0. The van der Waals surface area contributed by atoms with Crippen molar-refractivity contribution in [2.24, 2.45) is 5.73 Å². The van der Waals surface area contributed by atoms with Gasteiger partial charge < -0.3 is 16.2 Å². The van der Waals surface area contributed by atoms with Gasteiger partial charge in [0.2, 0.25) is 5.91 Å². The van der Waals surface area contributed by atoms with Gasteiger partial charge in [-0.05, 0) is 5.56 Å². The van der Waals surface area contributed by atoms with Crippen LogP contribution in [0.25, 0.3) is 0 Å². The van der Waals surface area contributed by atoms with Gasteiger partial charge in [0.1, 0.15) is 11.7 Å². The summed E-state index contributed by atoms with van der Waals surface area (Å²) in [6.07, 6.45) is 1.97. The van der Waals surface area contributed by atoms with Crippen molar-refractivity contribution in [2.75, 3.05) is 0 Å². The molecule has 2 amide bonds. The lowest BCUT2D eigenvalue weighted by Crippen LogP contribution is -2.37. The minimum Gasteiger partial charge on any atom is -0.476 e. The summed E-state index contributed by atoms with van der Waals surface area (Å²) < 4.78 is 0. The molecule has 1 atom stereocenters. The van der Waals surface area contributed by atoms with E-state index in [-0.39, 0.29) is 11.4 Å². The second-order valence-electron chi connectivity index (χ2n) is 4.31. The van der Waals surface area contributed by atoms with Crippen molar-refractivity contribution in [1.82, 2.24) is 15.3 Å². The molecule has 8 heteroatoms. The van der Waals surface area contributed by atoms with E-state index in [1.54, 1.807) is 30.3 Å². The summed E-state index contributed by atoms with van der Waals surface area (Å²) in [6.45, 7) is 0. The predicted molar refractivity (Wildman–Crippen MR) is 74.8 cm³/mol. The second kappa shape index (κ2) is 6.44. The number of carbonyl (C=O) groups is 3. The van der Waals surface area contributed by atoms with E-state index in [9.17, 15) is 14.4 Å². The summed E-state index contributed by atoms with van der Waals surface area (Å²) in [5.41, 5.74) is 5.41. The first-order chi connectivity index (χ1) is 10.5. The zero-order valence-electron chi connectivity index (χ0n) is 11.3. The molecule has 0 bridgehead atoms. The number of primary amides is 1. The molecule has 4 N–H and O–H groups in total. The maximum atomic E-state index is 12.0. The molecule has 0 fully saturated rings. The molecule has 22 heavy (non-hydrogen) atoms. The number of nitrogens with one attached hydrogen (secondary N) is 1. The first kappa shape index (κ1) is 15.1. The Hall–Kier alpha value is -3.29. The Balaban J connectivity index is 2.18. The Morgan fingerprint density at radius 2 is 1.64 bits per heavy atom. The molecule has 112 valence electrons. The Bertz CT molecular complexity index is 701. The van der Waals surface area contributed by atoms with Gasteiger partial charge >= 0.3 is 5.97 Å². The highest BCUT2D eigenvalue weighted by molar-refractivity contribution is 5.96. The van der Waals surface area contributed by atoms with Gasteiger partial charge in [-0.1, -0.05) is 30.3 Å². The second-order valence-corrected chi connectivity index (χ2v) is 4.31. The van der Waals surface area contributed by atoms with Gasteiger partial charge in [0.05, 0.1) is 12.4 Å². The number of carbonyl (C=O) groups excluding carboxylic acids is 2. The third-order valence-corrected chi connectivity index (χ3v) is 2.80. The topological polar surface area (TPSA) is 135 Å². The Kier molecular flexibility index (Phi) is 4.42. The molecule has 8 nitrogen and oxygen atoms in total. The fourth-order valence-corrected chi connectivity index (χ4v) is 1.72. The van der Waals surface area contributed by atoms with Crippen molar-refractivity contribution in [2.45, 2.75) is 6.04 Å². The number of hydrogen-bond acceptors (Lipinski definition) is 5. The highest BCUT2D eigenvalue weighted by Crippen LogP contribution is 2.12. The van der Waals surface area contributed by atoms with Crippen LogP contribution in [0.1, 0.15) is 32.6 Å². The number of carboxylic acids is 1. The number of nitrogens with zero attached hydrogens (tertiary/aromatic N) is 2. The van der Waals surface area contributed by atoms with Gasteiger partial charge in [-0.2, -0.15) is 0 Å². The van der Waals surface area contributed by atoms with Gasteiger partial charge in [-0.25, -0.2) is 14.8 Å². The number of benzene rings is 1. The Morgan fingerprint density at radius 3 is 2.14 bits per heavy atom. The minimum absolute atomic E-state index is 0.118. The minimum atomic E-state index is -1.25. The SMILES string of the molecule is NC(=O)C(NC(=O)c1cnc(C(=O)O)cn1)c1ccccc1. The van der Waals surface area contributed by atoms with Crippen molar-refractivity contribution in [3.05, 3.63) is 59.7 Å². The van der Waals surface area contributed by atoms with Crippen LogP contribution in [0.4, 0.5) is 0 Å². The molecule has 0 aliphatic carbocycles. The highest BCUT2D eigenvalue weighted by Gasteiger charge is 2.21. The van der Waals surface area contributed by atoms with Crippen LogP contribution in [0, 0.1) is 0 Å². The number of rotatable bonds is 5. The summed E-state index contributed by atoms with van der Waals surface area (Å²) in [7, 11) is 0. The molecule has 0 saturated heterocycles. The van der Waals surface area contributed by atoms with E-state index < -0.39 is 23.8 Å². The third-order valence-electron chi connectivity index (χ3n) is 2.80. The van der Waals surface area contributed by atoms with Crippen LogP contribution < -0.4 is 11.1 Å². The molecule has 2 aromatic rings. The Morgan fingerprint density at radius 1 is 1.05 bits per heavy atom.